The van der Waals surface area contributed by atoms with E-state index in [2.05, 4.69) is 26.8 Å². The number of benzene rings is 2. The average Bonchev–Trinajstić information content (AvgIpc) is 2.83. The lowest BCUT2D eigenvalue weighted by molar-refractivity contribution is -0.138. The molecule has 1 aliphatic heterocycles. The number of rotatable bonds is 7. The summed E-state index contributed by atoms with van der Waals surface area (Å²) in [6.07, 6.45) is -2.98. The second kappa shape index (κ2) is 10.4. The van der Waals surface area contributed by atoms with Gasteiger partial charge in [-0.15, -0.1) is 0 Å². The number of amides is 1. The van der Waals surface area contributed by atoms with E-state index in [1.165, 1.54) is 0 Å². The van der Waals surface area contributed by atoms with Crippen LogP contribution in [0.25, 0.3) is 0 Å². The predicted molar refractivity (Wildman–Crippen MR) is 128 cm³/mol. The van der Waals surface area contributed by atoms with Crippen molar-refractivity contribution in [1.29, 1.82) is 0 Å². The lowest BCUT2D eigenvalue weighted by Crippen LogP contribution is -2.44. The molecule has 1 fully saturated rings. The van der Waals surface area contributed by atoms with E-state index in [1.807, 2.05) is 24.3 Å². The van der Waals surface area contributed by atoms with Crippen LogP contribution in [0.1, 0.15) is 38.6 Å². The molecule has 2 N–H and O–H groups in total. The molecular weight excluding hydrogens is 455 g/mol. The Morgan fingerprint density at radius 1 is 1.00 bits per heavy atom. The van der Waals surface area contributed by atoms with Gasteiger partial charge in [-0.2, -0.15) is 13.2 Å². The normalized spacial score (nSPS) is 14.8. The van der Waals surface area contributed by atoms with E-state index >= 15 is 0 Å². The van der Waals surface area contributed by atoms with Crippen molar-refractivity contribution >= 4 is 11.6 Å². The Balaban J connectivity index is 1.49. The number of piperazine rings is 1. The average molecular weight is 484 g/mol. The van der Waals surface area contributed by atoms with E-state index in [4.69, 9.17) is 5.73 Å². The molecule has 9 heteroatoms. The molecule has 2 heterocycles. The van der Waals surface area contributed by atoms with E-state index in [0.717, 1.165) is 43.6 Å². The zero-order valence-corrected chi connectivity index (χ0v) is 19.6. The summed E-state index contributed by atoms with van der Waals surface area (Å²) in [6.45, 7) is 3.95. The largest absolute Gasteiger partial charge is 0.419 e. The molecule has 4 rings (SSSR count). The Morgan fingerprint density at radius 2 is 1.71 bits per heavy atom. The summed E-state index contributed by atoms with van der Waals surface area (Å²) in [4.78, 5) is 24.3. The number of nitrogens with two attached hydrogens (primary N) is 1. The van der Waals surface area contributed by atoms with Crippen molar-refractivity contribution in [2.45, 2.75) is 25.4 Å². The van der Waals surface area contributed by atoms with Crippen LogP contribution in [0.4, 0.5) is 18.9 Å². The van der Waals surface area contributed by atoms with Crippen LogP contribution in [0.2, 0.25) is 0 Å². The van der Waals surface area contributed by atoms with Crippen LogP contribution in [0.3, 0.4) is 0 Å². The zero-order valence-electron chi connectivity index (χ0n) is 19.6. The van der Waals surface area contributed by atoms with Crippen LogP contribution in [0.5, 0.6) is 0 Å². The van der Waals surface area contributed by atoms with Crippen molar-refractivity contribution in [3.63, 3.8) is 0 Å². The number of carbonyl (C=O) groups is 1. The van der Waals surface area contributed by atoms with E-state index in [1.54, 1.807) is 24.3 Å². The summed E-state index contributed by atoms with van der Waals surface area (Å²) in [5, 5.41) is 0. The van der Waals surface area contributed by atoms with E-state index in [-0.39, 0.29) is 12.1 Å². The van der Waals surface area contributed by atoms with Gasteiger partial charge in [0.05, 0.1) is 11.3 Å². The maximum absolute atomic E-state index is 13.6. The van der Waals surface area contributed by atoms with E-state index in [9.17, 15) is 18.0 Å². The number of hydrogen-bond donors (Lipinski definition) is 1. The van der Waals surface area contributed by atoms with Gasteiger partial charge in [-0.05, 0) is 55.3 Å². The molecule has 1 aliphatic rings. The number of alkyl halides is 3. The number of likely N-dealkylation sites (N-methyl/N-ethyl adjacent to an activating group) is 1. The first-order valence-electron chi connectivity index (χ1n) is 11.5. The number of halogens is 3. The van der Waals surface area contributed by atoms with Gasteiger partial charge in [0, 0.05) is 50.0 Å². The highest BCUT2D eigenvalue weighted by molar-refractivity contribution is 5.92. The molecule has 0 unspecified atom stereocenters. The first kappa shape index (κ1) is 24.7. The van der Waals surface area contributed by atoms with Crippen molar-refractivity contribution in [2.24, 2.45) is 5.73 Å². The summed E-state index contributed by atoms with van der Waals surface area (Å²) >= 11 is 0. The second-order valence-electron chi connectivity index (χ2n) is 8.84. The van der Waals surface area contributed by atoms with E-state index in [0.29, 0.717) is 29.8 Å². The van der Waals surface area contributed by atoms with Crippen LogP contribution < -0.4 is 10.6 Å². The molecular formula is C26H28F3N5O. The van der Waals surface area contributed by atoms with Crippen molar-refractivity contribution < 1.29 is 18.0 Å². The highest BCUT2D eigenvalue weighted by Gasteiger charge is 2.34. The Labute approximate surface area is 202 Å². The molecule has 6 nitrogen and oxygen atoms in total. The van der Waals surface area contributed by atoms with Crippen molar-refractivity contribution in [3.8, 4) is 0 Å². The van der Waals surface area contributed by atoms with Gasteiger partial charge in [0.15, 0.2) is 0 Å². The SMILES string of the molecule is CN1CCN(c2ccc(Cc3ncc(C(F)(F)F)c(CCc4cccc(C(N)=O)c4)n3)cc2)CC1. The quantitative estimate of drug-likeness (QED) is 0.555. The number of aromatic nitrogens is 2. The third-order valence-corrected chi connectivity index (χ3v) is 6.25. The molecule has 1 saturated heterocycles. The molecule has 2 aromatic carbocycles. The summed E-state index contributed by atoms with van der Waals surface area (Å²) in [7, 11) is 2.11. The van der Waals surface area contributed by atoms with Crippen molar-refractivity contribution in [3.05, 3.63) is 88.5 Å². The van der Waals surface area contributed by atoms with Gasteiger partial charge < -0.3 is 15.5 Å². The highest BCUT2D eigenvalue weighted by atomic mass is 19.4. The van der Waals surface area contributed by atoms with Gasteiger partial charge in [0.25, 0.3) is 0 Å². The molecule has 184 valence electrons. The first-order chi connectivity index (χ1) is 16.7. The van der Waals surface area contributed by atoms with Gasteiger partial charge in [-0.1, -0.05) is 24.3 Å². The van der Waals surface area contributed by atoms with Crippen LogP contribution in [-0.2, 0) is 25.4 Å². The van der Waals surface area contributed by atoms with Crippen molar-refractivity contribution in [2.75, 3.05) is 38.1 Å². The lowest BCUT2D eigenvalue weighted by atomic mass is 10.0. The number of hydrogen-bond acceptors (Lipinski definition) is 5. The smallest absolute Gasteiger partial charge is 0.369 e. The minimum absolute atomic E-state index is 0.0546. The first-order valence-corrected chi connectivity index (χ1v) is 11.5. The van der Waals surface area contributed by atoms with Gasteiger partial charge in [0.2, 0.25) is 5.91 Å². The minimum atomic E-state index is -4.55. The van der Waals surface area contributed by atoms with Crippen LogP contribution in [-0.4, -0.2) is 54.0 Å². The molecule has 3 aromatic rings. The van der Waals surface area contributed by atoms with Crippen molar-refractivity contribution in [1.82, 2.24) is 14.9 Å². The molecule has 0 radical (unpaired) electrons. The fourth-order valence-corrected chi connectivity index (χ4v) is 4.19. The number of aryl methyl sites for hydroxylation is 2. The molecule has 1 aromatic heterocycles. The van der Waals surface area contributed by atoms with Crippen LogP contribution >= 0.6 is 0 Å². The third-order valence-electron chi connectivity index (χ3n) is 6.25. The third kappa shape index (κ3) is 6.36. The second-order valence-corrected chi connectivity index (χ2v) is 8.84. The molecule has 0 bridgehead atoms. The Kier molecular flexibility index (Phi) is 7.35. The topological polar surface area (TPSA) is 75.3 Å². The summed E-state index contributed by atoms with van der Waals surface area (Å²) < 4.78 is 40.8. The molecule has 0 aliphatic carbocycles. The molecule has 0 atom stereocenters. The van der Waals surface area contributed by atoms with Gasteiger partial charge >= 0.3 is 6.18 Å². The Hall–Kier alpha value is -3.46. The minimum Gasteiger partial charge on any atom is -0.369 e. The molecule has 0 spiro atoms. The lowest BCUT2D eigenvalue weighted by Gasteiger charge is -2.34. The van der Waals surface area contributed by atoms with Gasteiger partial charge in [-0.25, -0.2) is 9.97 Å². The highest BCUT2D eigenvalue weighted by Crippen LogP contribution is 2.31. The molecule has 0 saturated carbocycles. The maximum atomic E-state index is 13.6. The fraction of sp³-hybridized carbons (Fsp3) is 0.346. The number of nitrogens with zero attached hydrogens (tertiary/aromatic N) is 4. The number of anilines is 1. The number of carbonyl (C=O) groups excluding carboxylic acids is 1. The summed E-state index contributed by atoms with van der Waals surface area (Å²) in [5.74, 6) is -0.239. The summed E-state index contributed by atoms with van der Waals surface area (Å²) in [5.41, 5.74) is 7.52. The van der Waals surface area contributed by atoms with E-state index < -0.39 is 17.6 Å². The Morgan fingerprint density at radius 3 is 2.37 bits per heavy atom. The zero-order chi connectivity index (χ0) is 25.0. The monoisotopic (exact) mass is 483 g/mol. The van der Waals surface area contributed by atoms with Crippen LogP contribution in [0, 0.1) is 0 Å². The molecule has 1 amide bonds. The van der Waals surface area contributed by atoms with Gasteiger partial charge in [0.1, 0.15) is 5.82 Å². The standard InChI is InChI=1S/C26H28F3N5O/c1-33-11-13-34(14-12-33)21-8-5-19(6-9-21)16-24-31-17-22(26(27,28)29)23(32-24)10-7-18-3-2-4-20(15-18)25(30)35/h2-6,8-9,15,17H,7,10-14,16H2,1H3,(H2,30,35). The Bertz CT molecular complexity index is 1170. The maximum Gasteiger partial charge on any atom is 0.419 e. The molecule has 35 heavy (non-hydrogen) atoms. The predicted octanol–water partition coefficient (Wildman–Crippen LogP) is 3.72. The number of primary amides is 1. The fourth-order valence-electron chi connectivity index (χ4n) is 4.19. The van der Waals surface area contributed by atoms with Crippen LogP contribution in [0.15, 0.2) is 54.7 Å². The van der Waals surface area contributed by atoms with Gasteiger partial charge in [-0.3, -0.25) is 4.79 Å². The summed E-state index contributed by atoms with van der Waals surface area (Å²) in [6, 6.07) is 14.6.